The van der Waals surface area contributed by atoms with Gasteiger partial charge in [0.05, 0.1) is 5.92 Å². The first-order valence-electron chi connectivity index (χ1n) is 5.92. The maximum atomic E-state index is 11.9. The molecule has 1 saturated heterocycles. The molecule has 1 aromatic rings. The molecule has 0 aromatic heterocycles. The van der Waals surface area contributed by atoms with E-state index in [0.29, 0.717) is 5.56 Å². The second-order valence-corrected chi connectivity index (χ2v) is 4.40. The molecule has 1 aromatic carbocycles. The van der Waals surface area contributed by atoms with Gasteiger partial charge in [0, 0.05) is 13.0 Å². The number of carbonyl (C=O) groups excluding carboxylic acids is 2. The lowest BCUT2D eigenvalue weighted by Crippen LogP contribution is -2.38. The molecule has 0 aliphatic carbocycles. The van der Waals surface area contributed by atoms with Crippen LogP contribution in [-0.4, -0.2) is 29.4 Å². The number of amides is 2. The topological polar surface area (TPSA) is 95.5 Å². The largest absolute Gasteiger partial charge is 0.479 e. The minimum Gasteiger partial charge on any atom is -0.479 e. The van der Waals surface area contributed by atoms with E-state index in [4.69, 9.17) is 0 Å². The summed E-state index contributed by atoms with van der Waals surface area (Å²) in [4.78, 5) is 34.2. The number of carboxylic acids is 1. The number of rotatable bonds is 4. The molecule has 1 aliphatic rings. The predicted molar refractivity (Wildman–Crippen MR) is 66.1 cm³/mol. The van der Waals surface area contributed by atoms with Crippen LogP contribution in [0, 0.1) is 5.92 Å². The van der Waals surface area contributed by atoms with Gasteiger partial charge in [0.25, 0.3) is 0 Å². The molecule has 3 N–H and O–H groups in total. The molecule has 0 spiro atoms. The molecule has 6 nitrogen and oxygen atoms in total. The zero-order valence-corrected chi connectivity index (χ0v) is 10.1. The number of aliphatic carboxylic acids is 1. The van der Waals surface area contributed by atoms with Crippen molar-refractivity contribution in [3.63, 3.8) is 0 Å². The Hall–Kier alpha value is -2.37. The van der Waals surface area contributed by atoms with Crippen LogP contribution in [0.5, 0.6) is 0 Å². The zero-order valence-electron chi connectivity index (χ0n) is 10.1. The number of carboxylic acid groups (broad SMARTS) is 1. The molecule has 100 valence electrons. The monoisotopic (exact) mass is 262 g/mol. The van der Waals surface area contributed by atoms with Crippen LogP contribution >= 0.6 is 0 Å². The van der Waals surface area contributed by atoms with Gasteiger partial charge in [0.15, 0.2) is 6.04 Å². The molecule has 6 heteroatoms. The Labute approximate surface area is 109 Å². The average Bonchev–Trinajstić information content (AvgIpc) is 2.83. The molecule has 0 saturated carbocycles. The Bertz CT molecular complexity index is 501. The summed E-state index contributed by atoms with van der Waals surface area (Å²) in [5.41, 5.74) is 0.501. The van der Waals surface area contributed by atoms with Gasteiger partial charge in [-0.05, 0) is 5.56 Å². The van der Waals surface area contributed by atoms with Crippen LogP contribution < -0.4 is 10.6 Å². The van der Waals surface area contributed by atoms with E-state index in [1.807, 2.05) is 0 Å². The SMILES string of the molecule is O=C1CC(C(=O)N[C@H](C(=O)O)c2ccccc2)CN1. The van der Waals surface area contributed by atoms with Crippen LogP contribution in [0.25, 0.3) is 0 Å². The van der Waals surface area contributed by atoms with Crippen molar-refractivity contribution in [3.8, 4) is 0 Å². The fourth-order valence-electron chi connectivity index (χ4n) is 1.98. The lowest BCUT2D eigenvalue weighted by atomic mass is 10.0. The zero-order chi connectivity index (χ0) is 13.8. The summed E-state index contributed by atoms with van der Waals surface area (Å²) in [6.45, 7) is 0.256. The molecule has 0 bridgehead atoms. The van der Waals surface area contributed by atoms with Gasteiger partial charge in [-0.2, -0.15) is 0 Å². The third-order valence-corrected chi connectivity index (χ3v) is 3.01. The van der Waals surface area contributed by atoms with Gasteiger partial charge in [-0.15, -0.1) is 0 Å². The molecule has 2 atom stereocenters. The fraction of sp³-hybridized carbons (Fsp3) is 0.308. The summed E-state index contributed by atoms with van der Waals surface area (Å²) < 4.78 is 0. The highest BCUT2D eigenvalue weighted by Crippen LogP contribution is 2.15. The highest BCUT2D eigenvalue weighted by molar-refractivity contribution is 5.91. The van der Waals surface area contributed by atoms with E-state index in [2.05, 4.69) is 10.6 Å². The van der Waals surface area contributed by atoms with E-state index < -0.39 is 23.8 Å². The first kappa shape index (κ1) is 13.1. The Balaban J connectivity index is 2.07. The van der Waals surface area contributed by atoms with Gasteiger partial charge in [-0.25, -0.2) is 4.79 Å². The van der Waals surface area contributed by atoms with E-state index in [0.717, 1.165) is 0 Å². The van der Waals surface area contributed by atoms with E-state index in [9.17, 15) is 19.5 Å². The average molecular weight is 262 g/mol. The van der Waals surface area contributed by atoms with Crippen LogP contribution in [-0.2, 0) is 14.4 Å². The molecule has 1 aliphatic heterocycles. The molecule has 2 amide bonds. The van der Waals surface area contributed by atoms with Crippen LogP contribution in [0.3, 0.4) is 0 Å². The van der Waals surface area contributed by atoms with Crippen molar-refractivity contribution in [2.45, 2.75) is 12.5 Å². The van der Waals surface area contributed by atoms with E-state index >= 15 is 0 Å². The van der Waals surface area contributed by atoms with Crippen molar-refractivity contribution in [1.29, 1.82) is 0 Å². The maximum absolute atomic E-state index is 11.9. The molecule has 1 unspecified atom stereocenters. The first-order valence-corrected chi connectivity index (χ1v) is 5.92. The number of carbonyl (C=O) groups is 3. The molecule has 2 rings (SSSR count). The lowest BCUT2D eigenvalue weighted by Gasteiger charge is -2.16. The minimum atomic E-state index is -1.13. The molecule has 19 heavy (non-hydrogen) atoms. The van der Waals surface area contributed by atoms with Gasteiger partial charge in [0.1, 0.15) is 0 Å². The lowest BCUT2D eigenvalue weighted by molar-refractivity contribution is -0.142. The van der Waals surface area contributed by atoms with Gasteiger partial charge in [-0.3, -0.25) is 9.59 Å². The maximum Gasteiger partial charge on any atom is 0.330 e. The molecule has 0 radical (unpaired) electrons. The molecule has 1 fully saturated rings. The van der Waals surface area contributed by atoms with Gasteiger partial charge in [0.2, 0.25) is 11.8 Å². The standard InChI is InChI=1S/C13H14N2O4/c16-10-6-9(7-14-10)12(17)15-11(13(18)19)8-4-2-1-3-5-8/h1-5,9,11H,6-7H2,(H,14,16)(H,15,17)(H,18,19)/t9?,11-/m0/s1. The normalized spacial score (nSPS) is 19.6. The van der Waals surface area contributed by atoms with Crippen LogP contribution in [0.2, 0.25) is 0 Å². The van der Waals surface area contributed by atoms with Crippen molar-refractivity contribution in [3.05, 3.63) is 35.9 Å². The first-order chi connectivity index (χ1) is 9.08. The third-order valence-electron chi connectivity index (χ3n) is 3.01. The number of nitrogens with one attached hydrogen (secondary N) is 2. The third kappa shape index (κ3) is 3.09. The fourth-order valence-corrected chi connectivity index (χ4v) is 1.98. The predicted octanol–water partition coefficient (Wildman–Crippen LogP) is 0.0646. The van der Waals surface area contributed by atoms with Gasteiger partial charge >= 0.3 is 5.97 Å². The molecular formula is C13H14N2O4. The number of hydrogen-bond donors (Lipinski definition) is 3. The Morgan fingerprint density at radius 1 is 1.32 bits per heavy atom. The quantitative estimate of drug-likeness (QED) is 0.715. The van der Waals surface area contributed by atoms with E-state index in [-0.39, 0.29) is 18.9 Å². The summed E-state index contributed by atoms with van der Waals surface area (Å²) >= 11 is 0. The van der Waals surface area contributed by atoms with Crippen molar-refractivity contribution < 1.29 is 19.5 Å². The second kappa shape index (κ2) is 5.51. The number of hydrogen-bond acceptors (Lipinski definition) is 3. The van der Waals surface area contributed by atoms with Crippen LogP contribution in [0.15, 0.2) is 30.3 Å². The van der Waals surface area contributed by atoms with Crippen LogP contribution in [0.4, 0.5) is 0 Å². The van der Waals surface area contributed by atoms with Crippen molar-refractivity contribution >= 4 is 17.8 Å². The summed E-state index contributed by atoms with van der Waals surface area (Å²) in [6, 6.07) is 7.36. The minimum absolute atomic E-state index is 0.104. The Morgan fingerprint density at radius 3 is 2.53 bits per heavy atom. The van der Waals surface area contributed by atoms with E-state index in [1.165, 1.54) is 0 Å². The highest BCUT2D eigenvalue weighted by Gasteiger charge is 2.31. The van der Waals surface area contributed by atoms with Crippen molar-refractivity contribution in [2.75, 3.05) is 6.54 Å². The smallest absolute Gasteiger partial charge is 0.330 e. The van der Waals surface area contributed by atoms with Crippen molar-refractivity contribution in [1.82, 2.24) is 10.6 Å². The van der Waals surface area contributed by atoms with Crippen LogP contribution in [0.1, 0.15) is 18.0 Å². The highest BCUT2D eigenvalue weighted by atomic mass is 16.4. The van der Waals surface area contributed by atoms with Gasteiger partial charge in [-0.1, -0.05) is 30.3 Å². The number of benzene rings is 1. The molecular weight excluding hydrogens is 248 g/mol. The second-order valence-electron chi connectivity index (χ2n) is 4.40. The van der Waals surface area contributed by atoms with Gasteiger partial charge < -0.3 is 15.7 Å². The van der Waals surface area contributed by atoms with Crippen molar-refractivity contribution in [2.24, 2.45) is 5.92 Å². The Morgan fingerprint density at radius 2 is 2.00 bits per heavy atom. The Kier molecular flexibility index (Phi) is 3.79. The van der Waals surface area contributed by atoms with E-state index in [1.54, 1.807) is 30.3 Å². The summed E-state index contributed by atoms with van der Waals surface area (Å²) in [5.74, 6) is -2.24. The summed E-state index contributed by atoms with van der Waals surface area (Å²) in [7, 11) is 0. The summed E-state index contributed by atoms with van der Waals surface area (Å²) in [6.07, 6.45) is 0.104. The molecule has 1 heterocycles. The summed E-state index contributed by atoms with van der Waals surface area (Å²) in [5, 5.41) is 14.2.